The van der Waals surface area contributed by atoms with Gasteiger partial charge in [0.05, 0.1) is 5.60 Å². The van der Waals surface area contributed by atoms with Gasteiger partial charge in [-0.25, -0.2) is 0 Å². The molecule has 2 aliphatic rings. The van der Waals surface area contributed by atoms with Crippen LogP contribution in [-0.4, -0.2) is 28.5 Å². The molecule has 5 nitrogen and oxygen atoms in total. The van der Waals surface area contributed by atoms with E-state index in [9.17, 15) is 14.7 Å². The smallest absolute Gasteiger partial charge is 0.264 e. The Hall–Kier alpha value is -1.72. The molecule has 20 heavy (non-hydrogen) atoms. The lowest BCUT2D eigenvalue weighted by Gasteiger charge is -2.40. The van der Waals surface area contributed by atoms with Crippen molar-refractivity contribution in [2.24, 2.45) is 0 Å². The lowest BCUT2D eigenvalue weighted by molar-refractivity contribution is -0.194. The van der Waals surface area contributed by atoms with Gasteiger partial charge in [-0.1, -0.05) is 18.2 Å². The minimum absolute atomic E-state index is 0.237. The van der Waals surface area contributed by atoms with E-state index in [0.717, 1.165) is 0 Å². The highest BCUT2D eigenvalue weighted by Crippen LogP contribution is 2.43. The number of rotatable bonds is 1. The maximum absolute atomic E-state index is 12.2. The number of Topliss-reactive ketones (excluding diaryl/α,β-unsaturated/α-hetero) is 1. The molecule has 0 aromatic heterocycles. The number of ketones is 1. The highest BCUT2D eigenvalue weighted by atomic mass is 16.5. The van der Waals surface area contributed by atoms with Crippen LogP contribution in [0.25, 0.3) is 0 Å². The summed E-state index contributed by atoms with van der Waals surface area (Å²) in [5, 5.41) is 13.5. The van der Waals surface area contributed by atoms with E-state index in [1.165, 1.54) is 0 Å². The molecule has 0 aliphatic carbocycles. The van der Waals surface area contributed by atoms with Crippen molar-refractivity contribution in [3.8, 4) is 0 Å². The van der Waals surface area contributed by atoms with Gasteiger partial charge in [-0.15, -0.1) is 0 Å². The Balaban J connectivity index is 2.07. The standard InChI is InChI=1S/C15H17NO4/c1-14(2)8-7-11(17)12(20-14)15(19)9-5-3-4-6-10(9)16-13(15)18/h3-6,12,19H,7-8H2,1-2H3,(H,16,18). The summed E-state index contributed by atoms with van der Waals surface area (Å²) in [5.74, 6) is -0.839. The van der Waals surface area contributed by atoms with E-state index in [1.54, 1.807) is 24.3 Å². The monoisotopic (exact) mass is 275 g/mol. The first kappa shape index (κ1) is 13.3. The third-order valence-corrected chi connectivity index (χ3v) is 4.01. The number of ether oxygens (including phenoxy) is 1. The molecular weight excluding hydrogens is 258 g/mol. The Morgan fingerprint density at radius 2 is 2.00 bits per heavy atom. The summed E-state index contributed by atoms with van der Waals surface area (Å²) in [6.45, 7) is 3.71. The number of carbonyl (C=O) groups is 2. The molecule has 0 saturated carbocycles. The number of hydrogen-bond acceptors (Lipinski definition) is 4. The van der Waals surface area contributed by atoms with Crippen molar-refractivity contribution in [1.82, 2.24) is 0 Å². The number of amides is 1. The van der Waals surface area contributed by atoms with Crippen LogP contribution < -0.4 is 5.32 Å². The van der Waals surface area contributed by atoms with Gasteiger partial charge < -0.3 is 15.2 Å². The van der Waals surface area contributed by atoms with Crippen molar-refractivity contribution in [3.63, 3.8) is 0 Å². The number of fused-ring (bicyclic) bond motifs is 1. The van der Waals surface area contributed by atoms with Gasteiger partial charge >= 0.3 is 0 Å². The Morgan fingerprint density at radius 1 is 1.30 bits per heavy atom. The third-order valence-electron chi connectivity index (χ3n) is 4.01. The van der Waals surface area contributed by atoms with E-state index in [-0.39, 0.29) is 5.78 Å². The first-order valence-electron chi connectivity index (χ1n) is 6.68. The number of hydrogen-bond donors (Lipinski definition) is 2. The van der Waals surface area contributed by atoms with Gasteiger partial charge in [0.2, 0.25) is 5.60 Å². The second-order valence-corrected chi connectivity index (χ2v) is 5.99. The summed E-state index contributed by atoms with van der Waals surface area (Å²) in [7, 11) is 0. The Labute approximate surface area is 116 Å². The molecule has 5 heteroatoms. The molecule has 0 spiro atoms. The van der Waals surface area contributed by atoms with Crippen molar-refractivity contribution in [1.29, 1.82) is 0 Å². The number of para-hydroxylation sites is 1. The molecular formula is C15H17NO4. The topological polar surface area (TPSA) is 75.6 Å². The Morgan fingerprint density at radius 3 is 2.75 bits per heavy atom. The predicted octanol–water partition coefficient (Wildman–Crippen LogP) is 1.35. The summed E-state index contributed by atoms with van der Waals surface area (Å²) >= 11 is 0. The third kappa shape index (κ3) is 1.77. The van der Waals surface area contributed by atoms with E-state index in [1.807, 2.05) is 13.8 Å². The van der Waals surface area contributed by atoms with Crippen molar-refractivity contribution in [3.05, 3.63) is 29.8 Å². The molecule has 1 saturated heterocycles. The largest absolute Gasteiger partial charge is 0.373 e. The van der Waals surface area contributed by atoms with Gasteiger partial charge in [-0.2, -0.15) is 0 Å². The second kappa shape index (κ2) is 4.14. The average molecular weight is 275 g/mol. The van der Waals surface area contributed by atoms with E-state index in [4.69, 9.17) is 4.74 Å². The zero-order valence-corrected chi connectivity index (χ0v) is 11.5. The van der Waals surface area contributed by atoms with E-state index < -0.39 is 23.2 Å². The lowest BCUT2D eigenvalue weighted by atomic mass is 9.82. The fourth-order valence-corrected chi connectivity index (χ4v) is 2.84. The average Bonchev–Trinajstić information content (AvgIpc) is 2.66. The molecule has 1 aromatic rings. The maximum atomic E-state index is 12.2. The Bertz CT molecular complexity index is 595. The van der Waals surface area contributed by atoms with Crippen molar-refractivity contribution >= 4 is 17.4 Å². The highest BCUT2D eigenvalue weighted by molar-refractivity contribution is 6.08. The van der Waals surface area contributed by atoms with Crippen LogP contribution in [0.1, 0.15) is 32.3 Å². The molecule has 2 N–H and O–H groups in total. The molecule has 1 fully saturated rings. The van der Waals surface area contributed by atoms with Gasteiger partial charge in [0.25, 0.3) is 5.91 Å². The molecule has 2 unspecified atom stereocenters. The fraction of sp³-hybridized carbons (Fsp3) is 0.467. The van der Waals surface area contributed by atoms with Crippen LogP contribution in [0.2, 0.25) is 0 Å². The fourth-order valence-electron chi connectivity index (χ4n) is 2.84. The summed E-state index contributed by atoms with van der Waals surface area (Å²) in [6, 6.07) is 6.83. The molecule has 2 heterocycles. The summed E-state index contributed by atoms with van der Waals surface area (Å²) in [5.41, 5.74) is -1.54. The van der Waals surface area contributed by atoms with Gasteiger partial charge in [-0.3, -0.25) is 9.59 Å². The van der Waals surface area contributed by atoms with Crippen molar-refractivity contribution in [2.75, 3.05) is 5.32 Å². The van der Waals surface area contributed by atoms with E-state index in [2.05, 4.69) is 5.32 Å². The summed E-state index contributed by atoms with van der Waals surface area (Å²) < 4.78 is 5.74. The normalized spacial score (nSPS) is 31.9. The van der Waals surface area contributed by atoms with Crippen LogP contribution >= 0.6 is 0 Å². The molecule has 3 rings (SSSR count). The molecule has 0 bridgehead atoms. The Kier molecular flexibility index (Phi) is 2.74. The van der Waals surface area contributed by atoms with Gasteiger partial charge in [0, 0.05) is 17.7 Å². The molecule has 1 amide bonds. The lowest BCUT2D eigenvalue weighted by Crippen LogP contribution is -2.56. The van der Waals surface area contributed by atoms with Gasteiger partial charge in [0.1, 0.15) is 0 Å². The summed E-state index contributed by atoms with van der Waals surface area (Å²) in [6.07, 6.45) is -0.271. The molecule has 106 valence electrons. The molecule has 2 aliphatic heterocycles. The van der Waals surface area contributed by atoms with E-state index in [0.29, 0.717) is 24.1 Å². The minimum atomic E-state index is -1.94. The number of anilines is 1. The first-order valence-corrected chi connectivity index (χ1v) is 6.68. The zero-order valence-electron chi connectivity index (χ0n) is 11.5. The van der Waals surface area contributed by atoms with Crippen molar-refractivity contribution < 1.29 is 19.4 Å². The maximum Gasteiger partial charge on any atom is 0.264 e. The van der Waals surface area contributed by atoms with Crippen LogP contribution in [0.5, 0.6) is 0 Å². The minimum Gasteiger partial charge on any atom is -0.373 e. The molecule has 0 radical (unpaired) electrons. The quantitative estimate of drug-likeness (QED) is 0.811. The first-order chi connectivity index (χ1) is 9.34. The van der Waals surface area contributed by atoms with Gasteiger partial charge in [0.15, 0.2) is 11.9 Å². The zero-order chi connectivity index (χ0) is 14.5. The number of carbonyl (C=O) groups excluding carboxylic acids is 2. The molecule has 2 atom stereocenters. The van der Waals surface area contributed by atoms with Crippen molar-refractivity contribution in [2.45, 2.75) is 44.0 Å². The van der Waals surface area contributed by atoms with Crippen LogP contribution in [0.3, 0.4) is 0 Å². The van der Waals surface area contributed by atoms with Crippen LogP contribution in [-0.2, 0) is 19.9 Å². The second-order valence-electron chi connectivity index (χ2n) is 5.99. The van der Waals surface area contributed by atoms with Crippen LogP contribution in [0.15, 0.2) is 24.3 Å². The summed E-state index contributed by atoms with van der Waals surface area (Å²) in [4.78, 5) is 24.4. The predicted molar refractivity (Wildman–Crippen MR) is 72.2 cm³/mol. The number of benzene rings is 1. The number of nitrogens with one attached hydrogen (secondary N) is 1. The van der Waals surface area contributed by atoms with Crippen LogP contribution in [0, 0.1) is 0 Å². The van der Waals surface area contributed by atoms with Crippen LogP contribution in [0.4, 0.5) is 5.69 Å². The number of aliphatic hydroxyl groups is 1. The SMILES string of the molecule is CC1(C)CCC(=O)C(C2(O)C(=O)Nc3ccccc32)O1. The van der Waals surface area contributed by atoms with Gasteiger partial charge in [-0.05, 0) is 26.3 Å². The highest BCUT2D eigenvalue weighted by Gasteiger charge is 2.57. The molecule has 1 aromatic carbocycles. The van der Waals surface area contributed by atoms with E-state index >= 15 is 0 Å².